The summed E-state index contributed by atoms with van der Waals surface area (Å²) in [6, 6.07) is 6.60. The highest BCUT2D eigenvalue weighted by Crippen LogP contribution is 2.14. The van der Waals surface area contributed by atoms with E-state index < -0.39 is 10.0 Å². The van der Waals surface area contributed by atoms with Crippen LogP contribution in [0.2, 0.25) is 0 Å². The van der Waals surface area contributed by atoms with Crippen LogP contribution in [0, 0.1) is 0 Å². The van der Waals surface area contributed by atoms with Crippen LogP contribution in [-0.2, 0) is 16.6 Å². The molecule has 1 aliphatic rings. The topological polar surface area (TPSA) is 69.6 Å². The number of aliphatic hydroxyl groups excluding tert-OH is 1. The molecule has 1 atom stereocenters. The molecule has 1 aromatic carbocycles. The van der Waals surface area contributed by atoms with Gasteiger partial charge in [-0.25, -0.2) is 13.1 Å². The second-order valence-corrected chi connectivity index (χ2v) is 7.37. The van der Waals surface area contributed by atoms with Gasteiger partial charge < -0.3 is 5.11 Å². The first-order valence-electron chi connectivity index (χ1n) is 7.46. The molecule has 0 bridgehead atoms. The van der Waals surface area contributed by atoms with E-state index in [4.69, 9.17) is 5.11 Å². The van der Waals surface area contributed by atoms with E-state index >= 15 is 0 Å². The molecule has 0 saturated carbocycles. The summed E-state index contributed by atoms with van der Waals surface area (Å²) in [5.41, 5.74) is 0.599. The summed E-state index contributed by atoms with van der Waals surface area (Å²) >= 11 is 0. The van der Waals surface area contributed by atoms with Crippen LogP contribution in [0.1, 0.15) is 31.7 Å². The molecular formula is C15H24N2O3S. The van der Waals surface area contributed by atoms with Crippen molar-refractivity contribution in [3.63, 3.8) is 0 Å². The van der Waals surface area contributed by atoms with Gasteiger partial charge in [-0.05, 0) is 50.6 Å². The van der Waals surface area contributed by atoms with Crippen LogP contribution in [0.5, 0.6) is 0 Å². The fourth-order valence-corrected chi connectivity index (χ4v) is 3.80. The number of nitrogens with one attached hydrogen (secondary N) is 1. The second-order valence-electron chi connectivity index (χ2n) is 5.60. The Morgan fingerprint density at radius 3 is 2.67 bits per heavy atom. The molecule has 1 aromatic rings. The third-order valence-electron chi connectivity index (χ3n) is 3.97. The van der Waals surface area contributed by atoms with E-state index in [0.29, 0.717) is 12.1 Å². The number of sulfonamides is 1. The van der Waals surface area contributed by atoms with Crippen molar-refractivity contribution in [3.05, 3.63) is 29.8 Å². The van der Waals surface area contributed by atoms with E-state index in [2.05, 4.69) is 16.5 Å². The molecule has 0 spiro atoms. The summed E-state index contributed by atoms with van der Waals surface area (Å²) in [5, 5.41) is 9.09. The van der Waals surface area contributed by atoms with E-state index in [1.807, 2.05) is 0 Å². The molecule has 0 amide bonds. The molecule has 6 heteroatoms. The summed E-state index contributed by atoms with van der Waals surface area (Å²) < 4.78 is 27.2. The number of likely N-dealkylation sites (tertiary alicyclic amines) is 1. The number of nitrogens with zero attached hydrogens (tertiary/aromatic N) is 1. The van der Waals surface area contributed by atoms with Gasteiger partial charge in [-0.2, -0.15) is 0 Å². The maximum Gasteiger partial charge on any atom is 0.240 e. The van der Waals surface area contributed by atoms with E-state index in [1.54, 1.807) is 18.2 Å². The summed E-state index contributed by atoms with van der Waals surface area (Å²) in [5.74, 6) is 0. The second kappa shape index (κ2) is 7.35. The summed E-state index contributed by atoms with van der Waals surface area (Å²) in [7, 11) is -3.51. The lowest BCUT2D eigenvalue weighted by Gasteiger charge is -2.32. The number of piperidine rings is 1. The third-order valence-corrected chi connectivity index (χ3v) is 5.40. The van der Waals surface area contributed by atoms with Gasteiger partial charge in [-0.15, -0.1) is 0 Å². The Morgan fingerprint density at radius 2 is 2.00 bits per heavy atom. The molecule has 1 heterocycles. The van der Waals surface area contributed by atoms with Crippen LogP contribution >= 0.6 is 0 Å². The largest absolute Gasteiger partial charge is 0.392 e. The Labute approximate surface area is 127 Å². The maximum atomic E-state index is 12.3. The SMILES string of the molecule is CC(CNS(=O)(=O)c1cccc(CO)c1)N1CCCCC1. The maximum absolute atomic E-state index is 12.3. The number of rotatable bonds is 6. The van der Waals surface area contributed by atoms with Crippen molar-refractivity contribution < 1.29 is 13.5 Å². The van der Waals surface area contributed by atoms with Crippen LogP contribution < -0.4 is 4.72 Å². The standard InChI is InChI=1S/C15H24N2O3S/c1-13(17-8-3-2-4-9-17)11-16-21(19,20)15-7-5-6-14(10-15)12-18/h5-7,10,13,16,18H,2-4,8-9,11-12H2,1H3. The summed E-state index contributed by atoms with van der Waals surface area (Å²) in [6.07, 6.45) is 3.65. The monoisotopic (exact) mass is 312 g/mol. The molecule has 2 N–H and O–H groups in total. The van der Waals surface area contributed by atoms with E-state index in [-0.39, 0.29) is 17.5 Å². The van der Waals surface area contributed by atoms with Crippen LogP contribution in [0.25, 0.3) is 0 Å². The minimum Gasteiger partial charge on any atom is -0.392 e. The molecule has 0 radical (unpaired) electrons. The molecule has 2 rings (SSSR count). The average Bonchev–Trinajstić information content (AvgIpc) is 2.53. The van der Waals surface area contributed by atoms with Crippen molar-refractivity contribution in [3.8, 4) is 0 Å². The van der Waals surface area contributed by atoms with Crippen molar-refractivity contribution in [1.29, 1.82) is 0 Å². The Hall–Kier alpha value is -0.950. The molecule has 0 aromatic heterocycles. The van der Waals surface area contributed by atoms with Gasteiger partial charge in [0, 0.05) is 12.6 Å². The van der Waals surface area contributed by atoms with Gasteiger partial charge in [0.2, 0.25) is 10.0 Å². The van der Waals surface area contributed by atoms with E-state index in [9.17, 15) is 8.42 Å². The van der Waals surface area contributed by atoms with E-state index in [1.165, 1.54) is 25.3 Å². The molecule has 1 unspecified atom stereocenters. The molecule has 21 heavy (non-hydrogen) atoms. The molecule has 0 aliphatic carbocycles. The summed E-state index contributed by atoms with van der Waals surface area (Å²) in [4.78, 5) is 2.54. The molecule has 1 aliphatic heterocycles. The van der Waals surface area contributed by atoms with Crippen molar-refractivity contribution in [2.24, 2.45) is 0 Å². The zero-order chi connectivity index (χ0) is 15.3. The number of hydrogen-bond acceptors (Lipinski definition) is 4. The van der Waals surface area contributed by atoms with E-state index in [0.717, 1.165) is 13.1 Å². The van der Waals surface area contributed by atoms with Crippen molar-refractivity contribution >= 4 is 10.0 Å². The lowest BCUT2D eigenvalue weighted by atomic mass is 10.1. The highest BCUT2D eigenvalue weighted by Gasteiger charge is 2.20. The number of aliphatic hydroxyl groups is 1. The molecule has 1 saturated heterocycles. The Kier molecular flexibility index (Phi) is 5.75. The Bertz CT molecular complexity index is 554. The first-order chi connectivity index (χ1) is 10.0. The molecular weight excluding hydrogens is 288 g/mol. The first-order valence-corrected chi connectivity index (χ1v) is 8.95. The number of benzene rings is 1. The lowest BCUT2D eigenvalue weighted by Crippen LogP contribution is -2.44. The molecule has 5 nitrogen and oxygen atoms in total. The van der Waals surface area contributed by atoms with Gasteiger partial charge in [0.1, 0.15) is 0 Å². The number of hydrogen-bond donors (Lipinski definition) is 2. The van der Waals surface area contributed by atoms with Gasteiger partial charge >= 0.3 is 0 Å². The smallest absolute Gasteiger partial charge is 0.240 e. The van der Waals surface area contributed by atoms with Crippen LogP contribution in [-0.4, -0.2) is 44.1 Å². The highest BCUT2D eigenvalue weighted by molar-refractivity contribution is 7.89. The normalized spacial score (nSPS) is 18.6. The quantitative estimate of drug-likeness (QED) is 0.831. The zero-order valence-corrected chi connectivity index (χ0v) is 13.3. The Morgan fingerprint density at radius 1 is 1.29 bits per heavy atom. The summed E-state index contributed by atoms with van der Waals surface area (Å²) in [6.45, 7) is 4.39. The fraction of sp³-hybridized carbons (Fsp3) is 0.600. The van der Waals surface area contributed by atoms with Crippen molar-refractivity contribution in [1.82, 2.24) is 9.62 Å². The fourth-order valence-electron chi connectivity index (χ4n) is 2.61. The van der Waals surface area contributed by atoms with Crippen LogP contribution in [0.4, 0.5) is 0 Å². The minimum atomic E-state index is -3.51. The van der Waals surface area contributed by atoms with Gasteiger partial charge in [-0.1, -0.05) is 18.6 Å². The van der Waals surface area contributed by atoms with Gasteiger partial charge in [0.25, 0.3) is 0 Å². The predicted octanol–water partition coefficient (Wildman–Crippen LogP) is 1.33. The van der Waals surface area contributed by atoms with Gasteiger partial charge in [-0.3, -0.25) is 4.90 Å². The first kappa shape index (κ1) is 16.4. The van der Waals surface area contributed by atoms with Gasteiger partial charge in [0.05, 0.1) is 11.5 Å². The molecule has 1 fully saturated rings. The average molecular weight is 312 g/mol. The van der Waals surface area contributed by atoms with Crippen molar-refractivity contribution in [2.75, 3.05) is 19.6 Å². The zero-order valence-electron chi connectivity index (χ0n) is 12.5. The van der Waals surface area contributed by atoms with Crippen molar-refractivity contribution in [2.45, 2.75) is 43.7 Å². The minimum absolute atomic E-state index is 0.159. The van der Waals surface area contributed by atoms with Gasteiger partial charge in [0.15, 0.2) is 0 Å². The molecule has 118 valence electrons. The third kappa shape index (κ3) is 4.51. The van der Waals surface area contributed by atoms with Crippen LogP contribution in [0.3, 0.4) is 0 Å². The Balaban J connectivity index is 1.96. The predicted molar refractivity (Wildman–Crippen MR) is 82.4 cm³/mol. The lowest BCUT2D eigenvalue weighted by molar-refractivity contribution is 0.175. The van der Waals surface area contributed by atoms with Crippen LogP contribution in [0.15, 0.2) is 29.2 Å². The highest BCUT2D eigenvalue weighted by atomic mass is 32.2.